The van der Waals surface area contributed by atoms with Crippen LogP contribution in [-0.4, -0.2) is 67.0 Å². The number of carbonyl (C=O) groups is 1. The summed E-state index contributed by atoms with van der Waals surface area (Å²) in [6, 6.07) is 11.2. The molecule has 1 aromatic heterocycles. The Morgan fingerprint density at radius 2 is 1.95 bits per heavy atom. The molecule has 3 aromatic rings. The van der Waals surface area contributed by atoms with Crippen molar-refractivity contribution >= 4 is 23.5 Å². The van der Waals surface area contributed by atoms with Gasteiger partial charge in [0.1, 0.15) is 17.3 Å². The fourth-order valence-corrected chi connectivity index (χ4v) is 4.39. The molecule has 1 unspecified atom stereocenters. The number of methoxy groups -OCH3 is 2. The fourth-order valence-electron chi connectivity index (χ4n) is 4.39. The summed E-state index contributed by atoms with van der Waals surface area (Å²) in [7, 11) is 5.12. The van der Waals surface area contributed by atoms with Crippen LogP contribution >= 0.6 is 0 Å². The molecule has 0 radical (unpaired) electrons. The number of carboxylic acid groups (broad SMARTS) is 1. The highest BCUT2D eigenvalue weighted by molar-refractivity contribution is 5.84. The molecular formula is C27H32FN5O5. The summed E-state index contributed by atoms with van der Waals surface area (Å²) in [5.74, 6) is 1.39. The number of benzene rings is 2. The Morgan fingerprint density at radius 3 is 2.61 bits per heavy atom. The quantitative estimate of drug-likeness (QED) is 0.386. The van der Waals surface area contributed by atoms with Gasteiger partial charge < -0.3 is 29.5 Å². The van der Waals surface area contributed by atoms with Gasteiger partial charge in [0.05, 0.1) is 27.4 Å². The number of anilines is 3. The molecule has 0 bridgehead atoms. The standard InChI is InChI=1S/C27H32FN5O5/c1-32-10-4-5-18(15-32)17-38-24-7-6-20(13-23(24)28)30-26-29-9-8-25(31-26)33(27(34)35)16-19-11-21(36-2)14-22(12-19)37-3/h6-9,11-14,18H,4-5,10,15-17H2,1-3H3,(H,34,35)(H,29,30,31). The van der Waals surface area contributed by atoms with Crippen molar-refractivity contribution in [2.75, 3.05) is 51.2 Å². The summed E-state index contributed by atoms with van der Waals surface area (Å²) in [6.07, 6.45) is 2.41. The van der Waals surface area contributed by atoms with E-state index in [-0.39, 0.29) is 24.1 Å². The van der Waals surface area contributed by atoms with Crippen LogP contribution in [0.15, 0.2) is 48.7 Å². The summed E-state index contributed by atoms with van der Waals surface area (Å²) in [4.78, 5) is 23.9. The lowest BCUT2D eigenvalue weighted by atomic mass is 10.00. The molecule has 1 aliphatic rings. The molecule has 0 saturated carbocycles. The van der Waals surface area contributed by atoms with Crippen molar-refractivity contribution in [3.63, 3.8) is 0 Å². The molecule has 38 heavy (non-hydrogen) atoms. The average Bonchev–Trinajstić information content (AvgIpc) is 2.91. The van der Waals surface area contributed by atoms with Crippen molar-refractivity contribution in [3.8, 4) is 17.2 Å². The van der Waals surface area contributed by atoms with E-state index in [1.54, 1.807) is 30.3 Å². The highest BCUT2D eigenvalue weighted by atomic mass is 19.1. The first-order valence-electron chi connectivity index (χ1n) is 12.3. The molecule has 1 amide bonds. The van der Waals surface area contributed by atoms with Gasteiger partial charge in [0, 0.05) is 36.5 Å². The highest BCUT2D eigenvalue weighted by Gasteiger charge is 2.20. The van der Waals surface area contributed by atoms with Crippen molar-refractivity contribution in [1.29, 1.82) is 0 Å². The number of rotatable bonds is 10. The average molecular weight is 526 g/mol. The van der Waals surface area contributed by atoms with Gasteiger partial charge in [0.2, 0.25) is 5.95 Å². The lowest BCUT2D eigenvalue weighted by Crippen LogP contribution is -2.34. The Labute approximate surface area is 221 Å². The molecule has 2 heterocycles. The maximum absolute atomic E-state index is 14.7. The van der Waals surface area contributed by atoms with Gasteiger partial charge in [-0.3, -0.25) is 4.90 Å². The minimum absolute atomic E-state index is 0.00318. The number of halogens is 1. The van der Waals surface area contributed by atoms with Crippen LogP contribution in [0.5, 0.6) is 17.2 Å². The second-order valence-electron chi connectivity index (χ2n) is 9.18. The molecule has 1 saturated heterocycles. The summed E-state index contributed by atoms with van der Waals surface area (Å²) in [5.41, 5.74) is 1.05. The SMILES string of the molecule is COc1cc(CN(C(=O)O)c2ccnc(Nc3ccc(OCC4CCCN(C)C4)c(F)c3)n2)cc(OC)c1. The molecule has 10 nitrogen and oxygen atoms in total. The van der Waals surface area contributed by atoms with Crippen LogP contribution < -0.4 is 24.4 Å². The molecule has 0 spiro atoms. The van der Waals surface area contributed by atoms with E-state index >= 15 is 0 Å². The molecule has 1 aliphatic heterocycles. The number of piperidine rings is 1. The Hall–Kier alpha value is -4.12. The van der Waals surface area contributed by atoms with Crippen molar-refractivity contribution in [2.24, 2.45) is 5.92 Å². The normalized spacial score (nSPS) is 15.5. The van der Waals surface area contributed by atoms with Gasteiger partial charge in [-0.2, -0.15) is 4.98 Å². The number of likely N-dealkylation sites (tertiary alicyclic amines) is 1. The zero-order valence-corrected chi connectivity index (χ0v) is 21.7. The van der Waals surface area contributed by atoms with E-state index in [0.717, 1.165) is 30.8 Å². The van der Waals surface area contributed by atoms with Crippen LogP contribution in [0.3, 0.4) is 0 Å². The second kappa shape index (κ2) is 12.4. The molecule has 2 N–H and O–H groups in total. The molecule has 2 aromatic carbocycles. The zero-order chi connectivity index (χ0) is 27.1. The first-order chi connectivity index (χ1) is 18.3. The first-order valence-corrected chi connectivity index (χ1v) is 12.3. The lowest BCUT2D eigenvalue weighted by Gasteiger charge is -2.29. The Balaban J connectivity index is 1.45. The van der Waals surface area contributed by atoms with E-state index in [0.29, 0.717) is 35.3 Å². The van der Waals surface area contributed by atoms with E-state index in [1.165, 1.54) is 32.5 Å². The summed E-state index contributed by atoms with van der Waals surface area (Å²) in [5, 5.41) is 12.8. The minimum Gasteiger partial charge on any atom is -0.497 e. The van der Waals surface area contributed by atoms with Crippen molar-refractivity contribution in [1.82, 2.24) is 14.9 Å². The third-order valence-corrected chi connectivity index (χ3v) is 6.28. The van der Waals surface area contributed by atoms with E-state index < -0.39 is 11.9 Å². The Morgan fingerprint density at radius 1 is 1.18 bits per heavy atom. The van der Waals surface area contributed by atoms with Gasteiger partial charge >= 0.3 is 6.09 Å². The topological polar surface area (TPSA) is 109 Å². The van der Waals surface area contributed by atoms with Crippen LogP contribution in [0, 0.1) is 11.7 Å². The summed E-state index contributed by atoms with van der Waals surface area (Å²) in [6.45, 7) is 2.47. The summed E-state index contributed by atoms with van der Waals surface area (Å²) < 4.78 is 31.0. The number of amides is 1. The fraction of sp³-hybridized carbons (Fsp3) is 0.370. The van der Waals surface area contributed by atoms with Crippen LogP contribution in [0.25, 0.3) is 0 Å². The van der Waals surface area contributed by atoms with Crippen LogP contribution in [-0.2, 0) is 6.54 Å². The van der Waals surface area contributed by atoms with E-state index in [2.05, 4.69) is 27.2 Å². The Bertz CT molecular complexity index is 1240. The maximum atomic E-state index is 14.7. The number of aromatic nitrogens is 2. The van der Waals surface area contributed by atoms with Crippen molar-refractivity contribution in [2.45, 2.75) is 19.4 Å². The first kappa shape index (κ1) is 26.9. The maximum Gasteiger partial charge on any atom is 0.413 e. The largest absolute Gasteiger partial charge is 0.497 e. The van der Waals surface area contributed by atoms with Crippen LogP contribution in [0.2, 0.25) is 0 Å². The Kier molecular flexibility index (Phi) is 8.80. The van der Waals surface area contributed by atoms with Gasteiger partial charge in [-0.1, -0.05) is 0 Å². The molecule has 1 atom stereocenters. The van der Waals surface area contributed by atoms with Gasteiger partial charge in [-0.25, -0.2) is 14.2 Å². The molecule has 0 aliphatic carbocycles. The third kappa shape index (κ3) is 7.00. The molecule has 202 valence electrons. The number of nitrogens with one attached hydrogen (secondary N) is 1. The number of hydrogen-bond donors (Lipinski definition) is 2. The van der Waals surface area contributed by atoms with Crippen molar-refractivity contribution in [3.05, 3.63) is 60.0 Å². The third-order valence-electron chi connectivity index (χ3n) is 6.28. The monoisotopic (exact) mass is 525 g/mol. The molecular weight excluding hydrogens is 493 g/mol. The molecule has 11 heteroatoms. The number of ether oxygens (including phenoxy) is 3. The van der Waals surface area contributed by atoms with Gasteiger partial charge in [-0.15, -0.1) is 0 Å². The smallest absolute Gasteiger partial charge is 0.413 e. The summed E-state index contributed by atoms with van der Waals surface area (Å²) >= 11 is 0. The zero-order valence-electron chi connectivity index (χ0n) is 21.7. The lowest BCUT2D eigenvalue weighted by molar-refractivity contribution is 0.147. The van der Waals surface area contributed by atoms with Gasteiger partial charge in [0.15, 0.2) is 11.6 Å². The van der Waals surface area contributed by atoms with E-state index in [4.69, 9.17) is 14.2 Å². The van der Waals surface area contributed by atoms with Crippen molar-refractivity contribution < 1.29 is 28.5 Å². The minimum atomic E-state index is -1.20. The number of hydrogen-bond acceptors (Lipinski definition) is 8. The molecule has 1 fully saturated rings. The predicted octanol–water partition coefficient (Wildman–Crippen LogP) is 4.78. The highest BCUT2D eigenvalue weighted by Crippen LogP contribution is 2.27. The van der Waals surface area contributed by atoms with Crippen LogP contribution in [0.1, 0.15) is 18.4 Å². The molecule has 4 rings (SSSR count). The number of nitrogens with zero attached hydrogens (tertiary/aromatic N) is 4. The van der Waals surface area contributed by atoms with E-state index in [9.17, 15) is 14.3 Å². The van der Waals surface area contributed by atoms with Gasteiger partial charge in [-0.05, 0) is 62.3 Å². The van der Waals surface area contributed by atoms with E-state index in [1.807, 2.05) is 0 Å². The van der Waals surface area contributed by atoms with Crippen LogP contribution in [0.4, 0.5) is 26.6 Å². The predicted molar refractivity (Wildman–Crippen MR) is 141 cm³/mol. The second-order valence-corrected chi connectivity index (χ2v) is 9.18. The van der Waals surface area contributed by atoms with Gasteiger partial charge in [0.25, 0.3) is 0 Å².